The SMILES string of the molecule is CC1SC(c2ccco2)N(CC(=O)NCc2ccco2)C1=O. The summed E-state index contributed by atoms with van der Waals surface area (Å²) in [6.45, 7) is 2.15. The van der Waals surface area contributed by atoms with Crippen LogP contribution < -0.4 is 5.32 Å². The second-order valence-electron chi connectivity index (χ2n) is 4.97. The summed E-state index contributed by atoms with van der Waals surface area (Å²) in [5.74, 6) is 1.07. The Kier molecular flexibility index (Phi) is 4.24. The largest absolute Gasteiger partial charge is 0.467 e. The van der Waals surface area contributed by atoms with Gasteiger partial charge in [0.25, 0.3) is 0 Å². The lowest BCUT2D eigenvalue weighted by atomic mass is 10.3. The first-order chi connectivity index (χ1) is 10.6. The van der Waals surface area contributed by atoms with Crippen molar-refractivity contribution in [1.29, 1.82) is 0 Å². The lowest BCUT2D eigenvalue weighted by molar-refractivity contribution is -0.135. The Morgan fingerprint density at radius 3 is 2.77 bits per heavy atom. The number of carbonyl (C=O) groups is 2. The van der Waals surface area contributed by atoms with Gasteiger partial charge in [-0.1, -0.05) is 0 Å². The third-order valence-corrected chi connectivity index (χ3v) is 4.74. The highest BCUT2D eigenvalue weighted by molar-refractivity contribution is 8.01. The molecule has 2 aromatic rings. The fourth-order valence-electron chi connectivity index (χ4n) is 2.30. The number of amides is 2. The molecule has 2 aromatic heterocycles. The van der Waals surface area contributed by atoms with Gasteiger partial charge in [0.05, 0.1) is 24.3 Å². The van der Waals surface area contributed by atoms with Crippen molar-refractivity contribution >= 4 is 23.6 Å². The number of nitrogens with zero attached hydrogens (tertiary/aromatic N) is 1. The molecule has 2 atom stereocenters. The molecule has 1 N–H and O–H groups in total. The maximum Gasteiger partial charge on any atom is 0.240 e. The molecule has 22 heavy (non-hydrogen) atoms. The number of hydrogen-bond acceptors (Lipinski definition) is 5. The van der Waals surface area contributed by atoms with E-state index < -0.39 is 0 Å². The molecule has 2 amide bonds. The fourth-order valence-corrected chi connectivity index (χ4v) is 3.53. The molecular weight excluding hydrogens is 304 g/mol. The first-order valence-corrected chi connectivity index (χ1v) is 7.88. The minimum atomic E-state index is -0.258. The van der Waals surface area contributed by atoms with Crippen molar-refractivity contribution in [2.75, 3.05) is 6.54 Å². The van der Waals surface area contributed by atoms with E-state index >= 15 is 0 Å². The maximum absolute atomic E-state index is 12.2. The smallest absolute Gasteiger partial charge is 0.240 e. The van der Waals surface area contributed by atoms with Crippen LogP contribution in [0.3, 0.4) is 0 Å². The van der Waals surface area contributed by atoms with E-state index in [-0.39, 0.29) is 29.0 Å². The molecule has 0 radical (unpaired) electrons. The normalized spacial score (nSPS) is 21.3. The zero-order chi connectivity index (χ0) is 15.5. The Labute approximate surface area is 131 Å². The Hall–Kier alpha value is -2.15. The van der Waals surface area contributed by atoms with Gasteiger partial charge in [0.15, 0.2) is 0 Å². The van der Waals surface area contributed by atoms with Crippen LogP contribution in [-0.2, 0) is 16.1 Å². The van der Waals surface area contributed by atoms with Crippen LogP contribution >= 0.6 is 11.8 Å². The monoisotopic (exact) mass is 320 g/mol. The van der Waals surface area contributed by atoms with E-state index in [2.05, 4.69) is 5.32 Å². The average molecular weight is 320 g/mol. The summed E-state index contributed by atoms with van der Waals surface area (Å²) in [4.78, 5) is 25.9. The highest BCUT2D eigenvalue weighted by Crippen LogP contribution is 2.42. The second-order valence-corrected chi connectivity index (χ2v) is 6.39. The fraction of sp³-hybridized carbons (Fsp3) is 0.333. The summed E-state index contributed by atoms with van der Waals surface area (Å²) >= 11 is 1.48. The molecule has 1 saturated heterocycles. The number of nitrogens with one attached hydrogen (secondary N) is 1. The Morgan fingerprint density at radius 2 is 2.09 bits per heavy atom. The Bertz CT molecular complexity index is 639. The number of furan rings is 2. The number of hydrogen-bond donors (Lipinski definition) is 1. The maximum atomic E-state index is 12.2. The Morgan fingerprint density at radius 1 is 1.32 bits per heavy atom. The molecule has 0 bridgehead atoms. The van der Waals surface area contributed by atoms with Crippen molar-refractivity contribution in [3.63, 3.8) is 0 Å². The second kappa shape index (κ2) is 6.31. The zero-order valence-corrected chi connectivity index (χ0v) is 12.8. The van der Waals surface area contributed by atoms with E-state index in [4.69, 9.17) is 8.83 Å². The predicted molar refractivity (Wildman–Crippen MR) is 80.8 cm³/mol. The molecule has 3 heterocycles. The van der Waals surface area contributed by atoms with E-state index in [9.17, 15) is 9.59 Å². The van der Waals surface area contributed by atoms with Crippen LogP contribution in [0.2, 0.25) is 0 Å². The van der Waals surface area contributed by atoms with Crippen molar-refractivity contribution in [3.05, 3.63) is 48.3 Å². The van der Waals surface area contributed by atoms with Gasteiger partial charge in [-0.05, 0) is 31.2 Å². The minimum Gasteiger partial charge on any atom is -0.467 e. The van der Waals surface area contributed by atoms with Gasteiger partial charge in [0.2, 0.25) is 11.8 Å². The van der Waals surface area contributed by atoms with Gasteiger partial charge in [0.1, 0.15) is 23.4 Å². The summed E-state index contributed by atoms with van der Waals surface area (Å²) < 4.78 is 10.5. The molecule has 2 unspecified atom stereocenters. The number of rotatable bonds is 5. The topological polar surface area (TPSA) is 75.7 Å². The number of thioether (sulfide) groups is 1. The van der Waals surface area contributed by atoms with Crippen LogP contribution in [0, 0.1) is 0 Å². The highest BCUT2D eigenvalue weighted by atomic mass is 32.2. The van der Waals surface area contributed by atoms with E-state index in [0.717, 1.165) is 0 Å². The third kappa shape index (κ3) is 3.04. The van der Waals surface area contributed by atoms with Crippen LogP contribution in [0.25, 0.3) is 0 Å². The van der Waals surface area contributed by atoms with Gasteiger partial charge in [0, 0.05) is 0 Å². The highest BCUT2D eigenvalue weighted by Gasteiger charge is 2.40. The van der Waals surface area contributed by atoms with E-state index in [1.54, 1.807) is 35.6 Å². The summed E-state index contributed by atoms with van der Waals surface area (Å²) in [7, 11) is 0. The van der Waals surface area contributed by atoms with Crippen molar-refractivity contribution < 1.29 is 18.4 Å². The van der Waals surface area contributed by atoms with Crippen molar-refractivity contribution in [2.24, 2.45) is 0 Å². The molecule has 116 valence electrons. The third-order valence-electron chi connectivity index (χ3n) is 3.39. The van der Waals surface area contributed by atoms with Crippen LogP contribution in [0.4, 0.5) is 0 Å². The molecule has 0 aliphatic carbocycles. The van der Waals surface area contributed by atoms with Gasteiger partial charge in [-0.15, -0.1) is 11.8 Å². The van der Waals surface area contributed by atoms with Crippen molar-refractivity contribution in [1.82, 2.24) is 10.2 Å². The standard InChI is InChI=1S/C15H16N2O4S/c1-10-14(19)17(15(22-10)12-5-3-7-21-12)9-13(18)16-8-11-4-2-6-20-11/h2-7,10,15H,8-9H2,1H3,(H,16,18). The number of carbonyl (C=O) groups excluding carboxylic acids is 2. The zero-order valence-electron chi connectivity index (χ0n) is 12.0. The molecular formula is C15H16N2O4S. The summed E-state index contributed by atoms with van der Waals surface area (Å²) in [5, 5.41) is 2.30. The van der Waals surface area contributed by atoms with Gasteiger partial charge in [-0.3, -0.25) is 9.59 Å². The molecule has 6 nitrogen and oxygen atoms in total. The van der Waals surface area contributed by atoms with Crippen LogP contribution in [0.15, 0.2) is 45.6 Å². The average Bonchev–Trinajstić information content (AvgIpc) is 3.23. The van der Waals surface area contributed by atoms with Crippen LogP contribution in [0.1, 0.15) is 23.8 Å². The van der Waals surface area contributed by atoms with E-state index in [1.165, 1.54) is 11.8 Å². The molecule has 1 aliphatic rings. The van der Waals surface area contributed by atoms with E-state index in [1.807, 2.05) is 13.0 Å². The van der Waals surface area contributed by atoms with Crippen LogP contribution in [0.5, 0.6) is 0 Å². The Balaban J connectivity index is 1.63. The molecule has 1 aliphatic heterocycles. The van der Waals surface area contributed by atoms with Crippen LogP contribution in [-0.4, -0.2) is 28.5 Å². The summed E-state index contributed by atoms with van der Waals surface area (Å²) in [6, 6.07) is 7.14. The molecule has 3 rings (SSSR count). The van der Waals surface area contributed by atoms with Crippen molar-refractivity contribution in [2.45, 2.75) is 24.1 Å². The molecule has 1 fully saturated rings. The van der Waals surface area contributed by atoms with Gasteiger partial charge in [-0.25, -0.2) is 0 Å². The van der Waals surface area contributed by atoms with Crippen molar-refractivity contribution in [3.8, 4) is 0 Å². The summed E-state index contributed by atoms with van der Waals surface area (Å²) in [5.41, 5.74) is 0. The molecule has 0 aromatic carbocycles. The lowest BCUT2D eigenvalue weighted by Gasteiger charge is -2.21. The minimum absolute atomic E-state index is 0.00223. The van der Waals surface area contributed by atoms with E-state index in [0.29, 0.717) is 18.1 Å². The summed E-state index contributed by atoms with van der Waals surface area (Å²) in [6.07, 6.45) is 3.12. The van der Waals surface area contributed by atoms with Gasteiger partial charge >= 0.3 is 0 Å². The molecule has 7 heteroatoms. The first kappa shape index (κ1) is 14.8. The first-order valence-electron chi connectivity index (χ1n) is 6.93. The quantitative estimate of drug-likeness (QED) is 0.913. The van der Waals surface area contributed by atoms with Gasteiger partial charge in [-0.2, -0.15) is 0 Å². The molecule has 0 spiro atoms. The predicted octanol–water partition coefficient (Wildman–Crippen LogP) is 2.15. The van der Waals surface area contributed by atoms with Gasteiger partial charge < -0.3 is 19.1 Å². The molecule has 0 saturated carbocycles. The lowest BCUT2D eigenvalue weighted by Crippen LogP contribution is -2.39.